The molecular weight excluding hydrogens is 434 g/mol. The molecule has 0 saturated heterocycles. The second-order valence-corrected chi connectivity index (χ2v) is 6.99. The summed E-state index contributed by atoms with van der Waals surface area (Å²) in [6.45, 7) is -0.148. The third kappa shape index (κ3) is 5.42. The molecule has 0 unspecified atom stereocenters. The largest absolute Gasteiger partial charge is 0.483 e. The fourth-order valence-corrected chi connectivity index (χ4v) is 2.92. The number of anilines is 2. The first-order valence-electron chi connectivity index (χ1n) is 9.76. The van der Waals surface area contributed by atoms with Crippen molar-refractivity contribution in [3.8, 4) is 5.75 Å². The van der Waals surface area contributed by atoms with Crippen LogP contribution in [0.3, 0.4) is 0 Å². The molecule has 2 amide bonds. The Balaban J connectivity index is 1.36. The number of nitrogens with one attached hydrogen (secondary N) is 2. The highest BCUT2D eigenvalue weighted by molar-refractivity contribution is 6.04. The van der Waals surface area contributed by atoms with Crippen LogP contribution in [0.25, 0.3) is 0 Å². The Morgan fingerprint density at radius 2 is 1.76 bits per heavy atom. The van der Waals surface area contributed by atoms with E-state index in [1.807, 2.05) is 0 Å². The van der Waals surface area contributed by atoms with Crippen LogP contribution in [-0.4, -0.2) is 21.6 Å². The quantitative estimate of drug-likeness (QED) is 0.434. The lowest BCUT2D eigenvalue weighted by Crippen LogP contribution is -2.14. The van der Waals surface area contributed by atoms with Crippen molar-refractivity contribution in [2.24, 2.45) is 7.05 Å². The minimum atomic E-state index is -0.838. The Bertz CT molecular complexity index is 1320. The van der Waals surface area contributed by atoms with E-state index in [9.17, 15) is 18.4 Å². The lowest BCUT2D eigenvalue weighted by atomic mass is 10.2. The van der Waals surface area contributed by atoms with E-state index in [1.165, 1.54) is 22.9 Å². The summed E-state index contributed by atoms with van der Waals surface area (Å²) in [4.78, 5) is 24.7. The first kappa shape index (κ1) is 21.8. The number of rotatable bonds is 7. The van der Waals surface area contributed by atoms with Gasteiger partial charge in [-0.3, -0.25) is 14.3 Å². The highest BCUT2D eigenvalue weighted by atomic mass is 19.1. The highest BCUT2D eigenvalue weighted by Crippen LogP contribution is 2.21. The number of benzene rings is 2. The number of hydrogen-bond acceptors (Lipinski definition) is 5. The van der Waals surface area contributed by atoms with Crippen molar-refractivity contribution in [3.05, 3.63) is 95.7 Å². The topological polar surface area (TPSA) is 98.4 Å². The van der Waals surface area contributed by atoms with Gasteiger partial charge in [0.05, 0.1) is 0 Å². The van der Waals surface area contributed by atoms with Gasteiger partial charge in [-0.1, -0.05) is 6.07 Å². The number of carbonyl (C=O) groups is 2. The molecule has 2 N–H and O–H groups in total. The minimum absolute atomic E-state index is 0.0103. The van der Waals surface area contributed by atoms with E-state index in [1.54, 1.807) is 43.6 Å². The Kier molecular flexibility index (Phi) is 6.16. The molecule has 0 spiro atoms. The summed E-state index contributed by atoms with van der Waals surface area (Å²) in [6, 6.07) is 14.1. The van der Waals surface area contributed by atoms with Crippen molar-refractivity contribution in [3.63, 3.8) is 0 Å². The minimum Gasteiger partial charge on any atom is -0.483 e. The Labute approximate surface area is 186 Å². The molecule has 0 bridgehead atoms. The molecule has 0 radical (unpaired) electrons. The van der Waals surface area contributed by atoms with Crippen molar-refractivity contribution in [2.75, 3.05) is 10.6 Å². The Morgan fingerprint density at radius 3 is 2.45 bits per heavy atom. The van der Waals surface area contributed by atoms with E-state index in [0.717, 1.165) is 6.07 Å². The average Bonchev–Trinajstić information content (AvgIpc) is 3.43. The number of aryl methyl sites for hydroxylation is 1. The second-order valence-electron chi connectivity index (χ2n) is 6.99. The van der Waals surface area contributed by atoms with Crippen LogP contribution in [-0.2, 0) is 13.7 Å². The molecule has 0 aliphatic heterocycles. The summed E-state index contributed by atoms with van der Waals surface area (Å²) in [5.41, 5.74) is 1.16. The molecule has 33 heavy (non-hydrogen) atoms. The van der Waals surface area contributed by atoms with E-state index >= 15 is 0 Å². The lowest BCUT2D eigenvalue weighted by molar-refractivity contribution is 0.0990. The fourth-order valence-electron chi connectivity index (χ4n) is 2.92. The van der Waals surface area contributed by atoms with Crippen LogP contribution in [0.4, 0.5) is 20.2 Å². The SMILES string of the molecule is Cn1ccc(C(=O)Nc2cccc(NC(=O)c3ccc(COc4ccc(F)cc4F)o3)c2)n1. The van der Waals surface area contributed by atoms with Gasteiger partial charge >= 0.3 is 0 Å². The number of halogens is 2. The maximum atomic E-state index is 13.6. The first-order chi connectivity index (χ1) is 15.9. The van der Waals surface area contributed by atoms with E-state index in [4.69, 9.17) is 9.15 Å². The Hall–Kier alpha value is -4.47. The predicted octanol–water partition coefficient (Wildman–Crippen LogP) is 4.37. The van der Waals surface area contributed by atoms with Crippen LogP contribution in [0, 0.1) is 11.6 Å². The van der Waals surface area contributed by atoms with Crippen LogP contribution < -0.4 is 15.4 Å². The van der Waals surface area contributed by atoms with Crippen LogP contribution in [0.1, 0.15) is 26.8 Å². The summed E-state index contributed by atoms with van der Waals surface area (Å²) in [6.07, 6.45) is 1.66. The van der Waals surface area contributed by atoms with Crippen molar-refractivity contribution >= 4 is 23.2 Å². The molecule has 4 aromatic rings. The van der Waals surface area contributed by atoms with E-state index < -0.39 is 17.5 Å². The van der Waals surface area contributed by atoms with Gasteiger partial charge in [0.2, 0.25) is 0 Å². The number of carbonyl (C=O) groups excluding carboxylic acids is 2. The van der Waals surface area contributed by atoms with Crippen LogP contribution in [0.5, 0.6) is 5.75 Å². The second kappa shape index (κ2) is 9.35. The van der Waals surface area contributed by atoms with Gasteiger partial charge in [-0.2, -0.15) is 5.10 Å². The third-order valence-corrected chi connectivity index (χ3v) is 4.47. The van der Waals surface area contributed by atoms with Gasteiger partial charge in [0.1, 0.15) is 18.2 Å². The molecule has 2 aromatic carbocycles. The summed E-state index contributed by atoms with van der Waals surface area (Å²) in [5, 5.41) is 9.42. The smallest absolute Gasteiger partial charge is 0.291 e. The molecule has 168 valence electrons. The van der Waals surface area contributed by atoms with Gasteiger partial charge < -0.3 is 19.8 Å². The van der Waals surface area contributed by atoms with Crippen molar-refractivity contribution < 1.29 is 27.5 Å². The third-order valence-electron chi connectivity index (χ3n) is 4.47. The molecule has 4 rings (SSSR count). The van der Waals surface area contributed by atoms with Crippen LogP contribution in [0.15, 0.2) is 71.3 Å². The highest BCUT2D eigenvalue weighted by Gasteiger charge is 2.14. The van der Waals surface area contributed by atoms with Gasteiger partial charge in [0.25, 0.3) is 11.8 Å². The molecule has 2 aromatic heterocycles. The number of aromatic nitrogens is 2. The normalized spacial score (nSPS) is 10.6. The van der Waals surface area contributed by atoms with Gasteiger partial charge in [-0.05, 0) is 48.5 Å². The lowest BCUT2D eigenvalue weighted by Gasteiger charge is -2.07. The molecule has 2 heterocycles. The van der Waals surface area contributed by atoms with Gasteiger partial charge in [-0.15, -0.1) is 0 Å². The monoisotopic (exact) mass is 452 g/mol. The standard InChI is InChI=1S/C23H18F2N4O4/c1-29-10-9-19(28-29)22(30)26-15-3-2-4-16(12-15)27-23(31)21-8-6-17(33-21)13-32-20-7-5-14(24)11-18(20)25/h2-12H,13H2,1H3,(H,26,30)(H,27,31). The molecule has 0 aliphatic carbocycles. The average molecular weight is 452 g/mol. The number of hydrogen-bond donors (Lipinski definition) is 2. The summed E-state index contributed by atoms with van der Waals surface area (Å²) < 4.78 is 38.8. The van der Waals surface area contributed by atoms with Gasteiger partial charge in [-0.25, -0.2) is 8.78 Å². The molecule has 0 saturated carbocycles. The van der Waals surface area contributed by atoms with E-state index in [0.29, 0.717) is 17.4 Å². The molecule has 10 heteroatoms. The number of furan rings is 1. The number of amides is 2. The van der Waals surface area contributed by atoms with Crippen LogP contribution in [0.2, 0.25) is 0 Å². The summed E-state index contributed by atoms with van der Waals surface area (Å²) in [7, 11) is 1.71. The van der Waals surface area contributed by atoms with Gasteiger partial charge in [0.15, 0.2) is 23.0 Å². The van der Waals surface area contributed by atoms with Crippen LogP contribution >= 0.6 is 0 Å². The summed E-state index contributed by atoms with van der Waals surface area (Å²) in [5.74, 6) is -2.30. The molecule has 0 fully saturated rings. The molecule has 0 atom stereocenters. The summed E-state index contributed by atoms with van der Waals surface area (Å²) >= 11 is 0. The maximum Gasteiger partial charge on any atom is 0.291 e. The van der Waals surface area contributed by atoms with E-state index in [2.05, 4.69) is 15.7 Å². The maximum absolute atomic E-state index is 13.6. The van der Waals surface area contributed by atoms with Gasteiger partial charge in [0, 0.05) is 30.7 Å². The molecule has 0 aliphatic rings. The fraction of sp³-hybridized carbons (Fsp3) is 0.0870. The number of nitrogens with zero attached hydrogens (tertiary/aromatic N) is 2. The number of ether oxygens (including phenoxy) is 1. The molecular formula is C23H18F2N4O4. The van der Waals surface area contributed by atoms with Crippen molar-refractivity contribution in [2.45, 2.75) is 6.61 Å². The zero-order valence-electron chi connectivity index (χ0n) is 17.3. The Morgan fingerprint density at radius 1 is 1.00 bits per heavy atom. The predicted molar refractivity (Wildman–Crippen MR) is 115 cm³/mol. The van der Waals surface area contributed by atoms with Crippen molar-refractivity contribution in [1.29, 1.82) is 0 Å². The zero-order valence-corrected chi connectivity index (χ0v) is 17.3. The van der Waals surface area contributed by atoms with E-state index in [-0.39, 0.29) is 35.5 Å². The molecule has 8 nitrogen and oxygen atoms in total. The first-order valence-corrected chi connectivity index (χ1v) is 9.76. The zero-order chi connectivity index (χ0) is 23.4. The van der Waals surface area contributed by atoms with Crippen molar-refractivity contribution in [1.82, 2.24) is 9.78 Å².